The molecule has 0 aliphatic carbocycles. The number of halogens is 2. The lowest BCUT2D eigenvalue weighted by molar-refractivity contribution is 0.200. The molecule has 0 fully saturated rings. The summed E-state index contributed by atoms with van der Waals surface area (Å²) >= 11 is 4.96. The molecule has 2 aromatic carbocycles. The summed E-state index contributed by atoms with van der Waals surface area (Å²) in [7, 11) is 1.43. The van der Waals surface area contributed by atoms with Crippen LogP contribution in [0.4, 0.5) is 4.39 Å². The monoisotopic (exact) mass is 370 g/mol. The second-order valence-corrected chi connectivity index (χ2v) is 6.60. The van der Waals surface area contributed by atoms with Gasteiger partial charge in [-0.2, -0.15) is 0 Å². The summed E-state index contributed by atoms with van der Waals surface area (Å²) in [5.74, 6) is 0.384. The Morgan fingerprint density at radius 2 is 1.95 bits per heavy atom. The fourth-order valence-corrected chi connectivity index (χ4v) is 2.99. The van der Waals surface area contributed by atoms with Crippen molar-refractivity contribution in [1.29, 1.82) is 0 Å². The number of hydrogen-bond acceptors (Lipinski definition) is 3. The zero-order chi connectivity index (χ0) is 15.2. The molecular weight excluding hydrogens is 355 g/mol. The molecule has 112 valence electrons. The third-order valence-corrected chi connectivity index (χ3v) is 4.63. The summed E-state index contributed by atoms with van der Waals surface area (Å²) in [6, 6.07) is 12.7. The zero-order valence-corrected chi connectivity index (χ0v) is 14.0. The summed E-state index contributed by atoms with van der Waals surface area (Å²) in [5, 5.41) is 10.1. The van der Waals surface area contributed by atoms with Crippen LogP contribution in [0.5, 0.6) is 5.75 Å². The van der Waals surface area contributed by atoms with Crippen molar-refractivity contribution in [3.8, 4) is 5.75 Å². The standard InChI is InChI=1S/C16H16BrFO2S/c1-20-16-7-2-11(9-15(16)18)8-13(19)10-21-14-5-3-12(17)4-6-14/h2-7,9,13,19H,8,10H2,1H3. The van der Waals surface area contributed by atoms with E-state index in [1.165, 1.54) is 13.2 Å². The maximum absolute atomic E-state index is 13.6. The number of benzene rings is 2. The van der Waals surface area contributed by atoms with Gasteiger partial charge in [-0.3, -0.25) is 0 Å². The number of aliphatic hydroxyl groups is 1. The molecule has 1 unspecified atom stereocenters. The maximum Gasteiger partial charge on any atom is 0.165 e. The summed E-state index contributed by atoms with van der Waals surface area (Å²) in [6.45, 7) is 0. The minimum absolute atomic E-state index is 0.220. The van der Waals surface area contributed by atoms with E-state index < -0.39 is 11.9 Å². The molecule has 0 heterocycles. The number of aliphatic hydroxyl groups excluding tert-OH is 1. The molecule has 0 aliphatic rings. The molecule has 0 radical (unpaired) electrons. The van der Waals surface area contributed by atoms with Crippen LogP contribution >= 0.6 is 27.7 Å². The molecule has 2 nitrogen and oxygen atoms in total. The van der Waals surface area contributed by atoms with Gasteiger partial charge in [0.05, 0.1) is 13.2 Å². The summed E-state index contributed by atoms with van der Waals surface area (Å²) < 4.78 is 19.5. The minimum Gasteiger partial charge on any atom is -0.494 e. The first-order chi connectivity index (χ1) is 10.1. The Labute approximate surface area is 136 Å². The molecule has 0 aromatic heterocycles. The molecule has 0 saturated heterocycles. The highest BCUT2D eigenvalue weighted by Crippen LogP contribution is 2.23. The molecule has 2 rings (SSSR count). The van der Waals surface area contributed by atoms with Gasteiger partial charge in [0.25, 0.3) is 0 Å². The Bertz CT molecular complexity index is 589. The molecular formula is C16H16BrFO2S. The summed E-state index contributed by atoms with van der Waals surface area (Å²) in [6.07, 6.45) is -0.101. The third kappa shape index (κ3) is 5.02. The molecule has 0 aliphatic heterocycles. The predicted molar refractivity (Wildman–Crippen MR) is 87.5 cm³/mol. The van der Waals surface area contributed by atoms with E-state index in [9.17, 15) is 9.50 Å². The summed E-state index contributed by atoms with van der Waals surface area (Å²) in [5.41, 5.74) is 0.761. The minimum atomic E-state index is -0.522. The van der Waals surface area contributed by atoms with Crippen molar-refractivity contribution in [3.63, 3.8) is 0 Å². The first kappa shape index (κ1) is 16.3. The van der Waals surface area contributed by atoms with Crippen molar-refractivity contribution in [1.82, 2.24) is 0 Å². The van der Waals surface area contributed by atoms with Gasteiger partial charge in [0.1, 0.15) is 0 Å². The highest BCUT2D eigenvalue weighted by Gasteiger charge is 2.09. The van der Waals surface area contributed by atoms with Crippen LogP contribution in [0.1, 0.15) is 5.56 Å². The quantitative estimate of drug-likeness (QED) is 0.769. The van der Waals surface area contributed by atoms with Gasteiger partial charge in [0.2, 0.25) is 0 Å². The zero-order valence-electron chi connectivity index (χ0n) is 11.6. The number of hydrogen-bond donors (Lipinski definition) is 1. The van der Waals surface area contributed by atoms with Crippen LogP contribution < -0.4 is 4.74 Å². The van der Waals surface area contributed by atoms with Gasteiger partial charge in [0, 0.05) is 15.1 Å². The van der Waals surface area contributed by atoms with Crippen LogP contribution in [0.15, 0.2) is 51.8 Å². The van der Waals surface area contributed by atoms with Crippen molar-refractivity contribution >= 4 is 27.7 Å². The van der Waals surface area contributed by atoms with Crippen molar-refractivity contribution < 1.29 is 14.2 Å². The molecule has 0 saturated carbocycles. The lowest BCUT2D eigenvalue weighted by atomic mass is 10.1. The normalized spacial score (nSPS) is 12.2. The van der Waals surface area contributed by atoms with Crippen LogP contribution in [-0.4, -0.2) is 24.1 Å². The molecule has 2 aromatic rings. The lowest BCUT2D eigenvalue weighted by Gasteiger charge is -2.11. The molecule has 0 amide bonds. The smallest absolute Gasteiger partial charge is 0.165 e. The fraction of sp³-hybridized carbons (Fsp3) is 0.250. The average Bonchev–Trinajstić information content (AvgIpc) is 2.47. The summed E-state index contributed by atoms with van der Waals surface area (Å²) in [4.78, 5) is 1.10. The predicted octanol–water partition coefficient (Wildman–Crippen LogP) is 4.29. The lowest BCUT2D eigenvalue weighted by Crippen LogP contribution is -2.13. The number of rotatable bonds is 6. The third-order valence-electron chi connectivity index (χ3n) is 2.94. The van der Waals surface area contributed by atoms with Crippen LogP contribution in [-0.2, 0) is 6.42 Å². The Morgan fingerprint density at radius 3 is 2.57 bits per heavy atom. The van der Waals surface area contributed by atoms with Gasteiger partial charge in [-0.05, 0) is 48.4 Å². The van der Waals surface area contributed by atoms with E-state index in [-0.39, 0.29) is 5.75 Å². The van der Waals surface area contributed by atoms with Crippen LogP contribution in [0.2, 0.25) is 0 Å². The van der Waals surface area contributed by atoms with E-state index >= 15 is 0 Å². The second kappa shape index (κ2) is 7.82. The van der Waals surface area contributed by atoms with Crippen molar-refractivity contribution in [2.24, 2.45) is 0 Å². The van der Waals surface area contributed by atoms with E-state index in [4.69, 9.17) is 4.74 Å². The molecule has 5 heteroatoms. The van der Waals surface area contributed by atoms with E-state index in [0.29, 0.717) is 12.2 Å². The van der Waals surface area contributed by atoms with E-state index in [1.54, 1.807) is 23.9 Å². The topological polar surface area (TPSA) is 29.5 Å². The Hall–Kier alpha value is -1.04. The highest BCUT2D eigenvalue weighted by molar-refractivity contribution is 9.10. The number of thioether (sulfide) groups is 1. The van der Waals surface area contributed by atoms with Gasteiger partial charge in [0.15, 0.2) is 11.6 Å². The molecule has 0 bridgehead atoms. The highest BCUT2D eigenvalue weighted by atomic mass is 79.9. The Balaban J connectivity index is 1.88. The average molecular weight is 371 g/mol. The molecule has 1 atom stereocenters. The van der Waals surface area contributed by atoms with Gasteiger partial charge < -0.3 is 9.84 Å². The van der Waals surface area contributed by atoms with Gasteiger partial charge >= 0.3 is 0 Å². The SMILES string of the molecule is COc1ccc(CC(O)CSc2ccc(Br)cc2)cc1F. The van der Waals surface area contributed by atoms with E-state index in [0.717, 1.165) is 14.9 Å². The second-order valence-electron chi connectivity index (χ2n) is 4.59. The Kier molecular flexibility index (Phi) is 6.08. The molecule has 0 spiro atoms. The first-order valence-electron chi connectivity index (χ1n) is 6.47. The van der Waals surface area contributed by atoms with E-state index in [2.05, 4.69) is 15.9 Å². The maximum atomic E-state index is 13.6. The number of ether oxygens (including phenoxy) is 1. The van der Waals surface area contributed by atoms with E-state index in [1.807, 2.05) is 24.3 Å². The fourth-order valence-electron chi connectivity index (χ4n) is 1.89. The largest absolute Gasteiger partial charge is 0.494 e. The molecule has 21 heavy (non-hydrogen) atoms. The van der Waals surface area contributed by atoms with Crippen molar-refractivity contribution in [3.05, 3.63) is 58.3 Å². The van der Waals surface area contributed by atoms with Crippen LogP contribution in [0.3, 0.4) is 0 Å². The van der Waals surface area contributed by atoms with Gasteiger partial charge in [-0.25, -0.2) is 4.39 Å². The van der Waals surface area contributed by atoms with Crippen LogP contribution in [0.25, 0.3) is 0 Å². The first-order valence-corrected chi connectivity index (χ1v) is 8.25. The Morgan fingerprint density at radius 1 is 1.24 bits per heavy atom. The number of methoxy groups -OCH3 is 1. The van der Waals surface area contributed by atoms with Gasteiger partial charge in [-0.1, -0.05) is 22.0 Å². The van der Waals surface area contributed by atoms with Crippen molar-refractivity contribution in [2.75, 3.05) is 12.9 Å². The van der Waals surface area contributed by atoms with Crippen LogP contribution in [0, 0.1) is 5.82 Å². The van der Waals surface area contributed by atoms with Crippen molar-refractivity contribution in [2.45, 2.75) is 17.4 Å². The van der Waals surface area contributed by atoms with Gasteiger partial charge in [-0.15, -0.1) is 11.8 Å². The molecule has 1 N–H and O–H groups in total.